The quantitative estimate of drug-likeness (QED) is 0.554. The Hall–Kier alpha value is 0.570. The van der Waals surface area contributed by atoms with E-state index in [1.54, 1.807) is 0 Å². The highest BCUT2D eigenvalue weighted by Crippen LogP contribution is 2.30. The molecule has 4 nitrogen and oxygen atoms in total. The summed E-state index contributed by atoms with van der Waals surface area (Å²) >= 11 is 2.30. The van der Waals surface area contributed by atoms with Gasteiger partial charge in [-0.1, -0.05) is 22.6 Å². The smallest absolute Gasteiger partial charge is 0.106 e. The average molecular weight is 341 g/mol. The molecule has 0 amide bonds. The summed E-state index contributed by atoms with van der Waals surface area (Å²) in [4.78, 5) is 2.47. The Morgan fingerprint density at radius 3 is 2.50 bits per heavy atom. The number of morpholine rings is 1. The number of halogens is 1. The number of alkyl halides is 1. The van der Waals surface area contributed by atoms with Gasteiger partial charge in [0, 0.05) is 19.6 Å². The third kappa shape index (κ3) is 3.53. The third-order valence-corrected chi connectivity index (χ3v) is 3.46. The molecule has 0 aromatic heterocycles. The summed E-state index contributed by atoms with van der Waals surface area (Å²) in [6, 6.07) is 0. The van der Waals surface area contributed by atoms with Gasteiger partial charge in [0.05, 0.1) is 38.4 Å². The standard InChI is InChI=1S/C11H20INO3/c1-10(12)16-9-11(7-15-8-11)6-13-2-4-14-5-3-13/h10H,2-9H2,1H3. The Morgan fingerprint density at radius 2 is 2.00 bits per heavy atom. The highest BCUT2D eigenvalue weighted by atomic mass is 127. The first-order valence-electron chi connectivity index (χ1n) is 5.84. The molecule has 2 saturated heterocycles. The van der Waals surface area contributed by atoms with Crippen LogP contribution in [0.1, 0.15) is 6.92 Å². The Morgan fingerprint density at radius 1 is 1.31 bits per heavy atom. The van der Waals surface area contributed by atoms with Gasteiger partial charge in [0.2, 0.25) is 0 Å². The molecule has 2 fully saturated rings. The summed E-state index contributed by atoms with van der Waals surface area (Å²) in [7, 11) is 0. The van der Waals surface area contributed by atoms with Crippen LogP contribution >= 0.6 is 22.6 Å². The first-order chi connectivity index (χ1) is 7.70. The monoisotopic (exact) mass is 341 g/mol. The van der Waals surface area contributed by atoms with Crippen LogP contribution in [0.3, 0.4) is 0 Å². The summed E-state index contributed by atoms with van der Waals surface area (Å²) in [6.07, 6.45) is 0. The molecule has 16 heavy (non-hydrogen) atoms. The summed E-state index contributed by atoms with van der Waals surface area (Å²) in [5.74, 6) is 0. The lowest BCUT2D eigenvalue weighted by atomic mass is 9.86. The Kier molecular flexibility index (Phi) is 4.84. The third-order valence-electron chi connectivity index (χ3n) is 3.10. The second-order valence-corrected chi connectivity index (χ2v) is 6.49. The molecule has 5 heteroatoms. The molecule has 1 atom stereocenters. The lowest BCUT2D eigenvalue weighted by molar-refractivity contribution is -0.164. The molecule has 0 saturated carbocycles. The Bertz CT molecular complexity index is 215. The van der Waals surface area contributed by atoms with Crippen molar-refractivity contribution in [3.63, 3.8) is 0 Å². The van der Waals surface area contributed by atoms with Crippen molar-refractivity contribution in [3.05, 3.63) is 0 Å². The maximum Gasteiger partial charge on any atom is 0.106 e. The summed E-state index contributed by atoms with van der Waals surface area (Å²) in [5, 5.41) is 0. The van der Waals surface area contributed by atoms with E-state index in [-0.39, 0.29) is 9.53 Å². The minimum absolute atomic E-state index is 0.233. The largest absolute Gasteiger partial charge is 0.380 e. The van der Waals surface area contributed by atoms with Crippen molar-refractivity contribution in [2.24, 2.45) is 5.41 Å². The van der Waals surface area contributed by atoms with E-state index >= 15 is 0 Å². The van der Waals surface area contributed by atoms with Crippen molar-refractivity contribution in [3.8, 4) is 0 Å². The number of hydrogen-bond acceptors (Lipinski definition) is 4. The molecule has 1 unspecified atom stereocenters. The minimum Gasteiger partial charge on any atom is -0.380 e. The van der Waals surface area contributed by atoms with Crippen LogP contribution in [0.5, 0.6) is 0 Å². The SMILES string of the molecule is CC(I)OCC1(CN2CCOCC2)COC1. The first-order valence-corrected chi connectivity index (χ1v) is 7.08. The number of hydrogen-bond donors (Lipinski definition) is 0. The van der Waals surface area contributed by atoms with Crippen LogP contribution < -0.4 is 0 Å². The zero-order chi connectivity index (χ0) is 11.4. The van der Waals surface area contributed by atoms with Crippen molar-refractivity contribution < 1.29 is 14.2 Å². The van der Waals surface area contributed by atoms with Crippen LogP contribution in [0.15, 0.2) is 0 Å². The van der Waals surface area contributed by atoms with Crippen molar-refractivity contribution in [1.29, 1.82) is 0 Å². The van der Waals surface area contributed by atoms with Crippen molar-refractivity contribution in [2.45, 2.75) is 11.0 Å². The lowest BCUT2D eigenvalue weighted by Crippen LogP contribution is -2.55. The van der Waals surface area contributed by atoms with E-state index in [0.717, 1.165) is 52.7 Å². The van der Waals surface area contributed by atoms with Crippen molar-refractivity contribution in [2.75, 3.05) is 52.7 Å². The van der Waals surface area contributed by atoms with Crippen molar-refractivity contribution in [1.82, 2.24) is 4.90 Å². The van der Waals surface area contributed by atoms with Gasteiger partial charge >= 0.3 is 0 Å². The van der Waals surface area contributed by atoms with E-state index in [9.17, 15) is 0 Å². The molecule has 0 radical (unpaired) electrons. The van der Waals surface area contributed by atoms with Crippen LogP contribution in [0.4, 0.5) is 0 Å². The van der Waals surface area contributed by atoms with E-state index in [4.69, 9.17) is 14.2 Å². The van der Waals surface area contributed by atoms with Gasteiger partial charge in [-0.2, -0.15) is 0 Å². The van der Waals surface area contributed by atoms with Crippen LogP contribution in [-0.4, -0.2) is 61.7 Å². The minimum atomic E-state index is 0.233. The maximum absolute atomic E-state index is 5.74. The van der Waals surface area contributed by atoms with Crippen LogP contribution in [-0.2, 0) is 14.2 Å². The Balaban J connectivity index is 1.78. The summed E-state index contributed by atoms with van der Waals surface area (Å²) in [5.41, 5.74) is 0.233. The molecule has 2 heterocycles. The van der Waals surface area contributed by atoms with E-state index in [0.29, 0.717) is 0 Å². The molecule has 0 aliphatic carbocycles. The van der Waals surface area contributed by atoms with E-state index in [1.807, 2.05) is 0 Å². The fourth-order valence-electron chi connectivity index (χ4n) is 2.14. The highest BCUT2D eigenvalue weighted by molar-refractivity contribution is 14.1. The molecule has 0 spiro atoms. The topological polar surface area (TPSA) is 30.9 Å². The van der Waals surface area contributed by atoms with Gasteiger partial charge in [0.1, 0.15) is 4.11 Å². The fourth-order valence-corrected chi connectivity index (χ4v) is 2.32. The molecule has 2 aliphatic rings. The van der Waals surface area contributed by atoms with Crippen LogP contribution in [0.2, 0.25) is 0 Å². The average Bonchev–Trinajstić information content (AvgIpc) is 2.23. The molecule has 0 aromatic rings. The highest BCUT2D eigenvalue weighted by Gasteiger charge is 2.41. The van der Waals surface area contributed by atoms with Gasteiger partial charge in [-0.15, -0.1) is 0 Å². The Labute approximate surface area is 111 Å². The lowest BCUT2D eigenvalue weighted by Gasteiger charge is -2.45. The van der Waals surface area contributed by atoms with Gasteiger partial charge in [0.25, 0.3) is 0 Å². The molecule has 0 N–H and O–H groups in total. The molecular weight excluding hydrogens is 321 g/mol. The predicted molar refractivity (Wildman–Crippen MR) is 69.9 cm³/mol. The van der Waals surface area contributed by atoms with Gasteiger partial charge in [0.15, 0.2) is 0 Å². The number of nitrogens with zero attached hydrogens (tertiary/aromatic N) is 1. The summed E-state index contributed by atoms with van der Waals surface area (Å²) < 4.78 is 16.7. The van der Waals surface area contributed by atoms with E-state index < -0.39 is 0 Å². The zero-order valence-corrected chi connectivity index (χ0v) is 11.9. The second kappa shape index (κ2) is 5.95. The molecular formula is C11H20INO3. The molecule has 2 rings (SSSR count). The van der Waals surface area contributed by atoms with Gasteiger partial charge in [-0.25, -0.2) is 0 Å². The van der Waals surface area contributed by atoms with Crippen LogP contribution in [0.25, 0.3) is 0 Å². The zero-order valence-electron chi connectivity index (χ0n) is 9.78. The van der Waals surface area contributed by atoms with Gasteiger partial charge in [-0.3, -0.25) is 4.90 Å². The van der Waals surface area contributed by atoms with Gasteiger partial charge in [-0.05, 0) is 6.92 Å². The number of ether oxygens (including phenoxy) is 3. The van der Waals surface area contributed by atoms with E-state index in [2.05, 4.69) is 34.4 Å². The van der Waals surface area contributed by atoms with Gasteiger partial charge < -0.3 is 14.2 Å². The van der Waals surface area contributed by atoms with Crippen molar-refractivity contribution >= 4 is 22.6 Å². The second-order valence-electron chi connectivity index (χ2n) is 4.74. The van der Waals surface area contributed by atoms with Crippen LogP contribution in [0, 0.1) is 5.41 Å². The number of rotatable bonds is 5. The molecule has 94 valence electrons. The maximum atomic E-state index is 5.74. The predicted octanol–water partition coefficient (Wildman–Crippen LogP) is 1.13. The molecule has 2 aliphatic heterocycles. The fraction of sp³-hybridized carbons (Fsp3) is 1.00. The van der Waals surface area contributed by atoms with E-state index in [1.165, 1.54) is 0 Å². The summed E-state index contributed by atoms with van der Waals surface area (Å²) in [6.45, 7) is 9.46. The normalized spacial score (nSPS) is 27.4. The first kappa shape index (κ1) is 13.0. The molecule has 0 aromatic carbocycles. The molecule has 0 bridgehead atoms.